The minimum Gasteiger partial charge on any atom is -0.359 e. The summed E-state index contributed by atoms with van der Waals surface area (Å²) in [6.45, 7) is 1.33. The lowest BCUT2D eigenvalue weighted by atomic mass is 10.1. The van der Waals surface area contributed by atoms with E-state index in [1.165, 1.54) is 12.8 Å². The number of nitrogens with one attached hydrogen (secondary N) is 2. The molecular weight excluding hydrogens is 276 g/mol. The number of likely N-dealkylation sites (N-methyl/N-ethyl adjacent to an activating group) is 1. The summed E-state index contributed by atoms with van der Waals surface area (Å²) in [5, 5.41) is 7.41. The number of amides is 1. The van der Waals surface area contributed by atoms with Crippen molar-refractivity contribution in [1.82, 2.24) is 10.3 Å². The smallest absolute Gasteiger partial charge is 0.238 e. The first-order chi connectivity index (χ1) is 10.7. The molecule has 114 valence electrons. The van der Waals surface area contributed by atoms with Crippen molar-refractivity contribution in [3.05, 3.63) is 29.8 Å². The van der Waals surface area contributed by atoms with E-state index in [1.54, 1.807) is 0 Å². The zero-order valence-corrected chi connectivity index (χ0v) is 12.7. The van der Waals surface area contributed by atoms with Gasteiger partial charge in [0.15, 0.2) is 0 Å². The highest BCUT2D eigenvalue weighted by atomic mass is 16.1. The summed E-state index contributed by atoms with van der Waals surface area (Å²) in [6, 6.07) is 8.55. The van der Waals surface area contributed by atoms with Crippen molar-refractivity contribution in [3.63, 3.8) is 0 Å². The summed E-state index contributed by atoms with van der Waals surface area (Å²) in [5.74, 6) is 1.02. The zero-order chi connectivity index (χ0) is 15.1. The topological polar surface area (TPSA) is 57.3 Å². The highest BCUT2D eigenvalue weighted by Gasteiger charge is 2.25. The number of anilines is 2. The van der Waals surface area contributed by atoms with Gasteiger partial charge in [0.2, 0.25) is 5.91 Å². The van der Waals surface area contributed by atoms with Gasteiger partial charge in [-0.3, -0.25) is 4.79 Å². The van der Waals surface area contributed by atoms with Gasteiger partial charge < -0.3 is 15.5 Å². The number of rotatable bonds is 4. The van der Waals surface area contributed by atoms with Crippen LogP contribution in [0.15, 0.2) is 24.3 Å². The maximum absolute atomic E-state index is 12.3. The van der Waals surface area contributed by atoms with Crippen LogP contribution in [0.1, 0.15) is 18.4 Å². The molecule has 5 nitrogen and oxygen atoms in total. The van der Waals surface area contributed by atoms with E-state index in [0.29, 0.717) is 12.6 Å². The van der Waals surface area contributed by atoms with Crippen molar-refractivity contribution in [1.29, 1.82) is 0 Å². The molecule has 2 aromatic rings. The minimum absolute atomic E-state index is 0.0278. The molecule has 0 saturated heterocycles. The Kier molecular flexibility index (Phi) is 3.22. The van der Waals surface area contributed by atoms with E-state index >= 15 is 0 Å². The second-order valence-corrected chi connectivity index (χ2v) is 6.18. The Hall–Kier alpha value is -2.14. The third-order valence-electron chi connectivity index (χ3n) is 4.42. The zero-order valence-electron chi connectivity index (χ0n) is 12.7. The second-order valence-electron chi connectivity index (χ2n) is 6.18. The van der Waals surface area contributed by atoms with Gasteiger partial charge in [0.25, 0.3) is 0 Å². The van der Waals surface area contributed by atoms with Gasteiger partial charge in [-0.1, -0.05) is 18.2 Å². The van der Waals surface area contributed by atoms with Crippen molar-refractivity contribution in [2.75, 3.05) is 30.4 Å². The van der Waals surface area contributed by atoms with E-state index in [9.17, 15) is 4.79 Å². The number of fused-ring (bicyclic) bond motifs is 2. The van der Waals surface area contributed by atoms with Gasteiger partial charge in [-0.05, 0) is 25.3 Å². The molecule has 0 bridgehead atoms. The molecule has 1 aromatic carbocycles. The number of hydrogen-bond acceptors (Lipinski definition) is 4. The predicted molar refractivity (Wildman–Crippen MR) is 88.4 cm³/mol. The number of pyridine rings is 1. The Morgan fingerprint density at radius 3 is 3.00 bits per heavy atom. The van der Waals surface area contributed by atoms with Crippen LogP contribution in [0.5, 0.6) is 0 Å². The first-order valence-electron chi connectivity index (χ1n) is 7.88. The lowest BCUT2D eigenvalue weighted by Gasteiger charge is -2.16. The van der Waals surface area contributed by atoms with Crippen LogP contribution in [-0.4, -0.2) is 37.1 Å². The summed E-state index contributed by atoms with van der Waals surface area (Å²) in [6.07, 6.45) is 3.30. The minimum atomic E-state index is 0.0278. The second kappa shape index (κ2) is 5.25. The number of benzene rings is 1. The summed E-state index contributed by atoms with van der Waals surface area (Å²) in [4.78, 5) is 19.2. The Balaban J connectivity index is 1.69. The van der Waals surface area contributed by atoms with Gasteiger partial charge >= 0.3 is 0 Å². The van der Waals surface area contributed by atoms with Crippen molar-refractivity contribution in [2.24, 2.45) is 0 Å². The summed E-state index contributed by atoms with van der Waals surface area (Å²) in [5.41, 5.74) is 3.02. The molecule has 0 unspecified atom stereocenters. The number of hydrogen-bond donors (Lipinski definition) is 2. The molecule has 5 heteroatoms. The highest BCUT2D eigenvalue weighted by molar-refractivity contribution is 6.04. The predicted octanol–water partition coefficient (Wildman–Crippen LogP) is 1.92. The maximum atomic E-state index is 12.3. The number of nitrogens with zero attached hydrogens (tertiary/aromatic N) is 2. The van der Waals surface area contributed by atoms with Gasteiger partial charge in [-0.2, -0.15) is 0 Å². The Morgan fingerprint density at radius 2 is 2.18 bits per heavy atom. The van der Waals surface area contributed by atoms with Crippen LogP contribution in [0.2, 0.25) is 0 Å². The van der Waals surface area contributed by atoms with Crippen LogP contribution in [0.4, 0.5) is 11.5 Å². The van der Waals surface area contributed by atoms with Gasteiger partial charge in [0, 0.05) is 30.6 Å². The molecule has 2 aliphatic rings. The standard InChI is InChI=1S/C17H20N4O/c1-21-9-8-13-16(20-15(22)10-18-11-6-7-11)12-4-2-3-5-14(12)19-17(13)21/h2-5,11,18H,6-10H2,1H3,(H,19,20,22). The molecule has 1 aliphatic heterocycles. The van der Waals surface area contributed by atoms with E-state index in [4.69, 9.17) is 4.98 Å². The summed E-state index contributed by atoms with van der Waals surface area (Å²) >= 11 is 0. The van der Waals surface area contributed by atoms with Crippen LogP contribution in [0.25, 0.3) is 10.9 Å². The average Bonchev–Trinajstić information content (AvgIpc) is 3.29. The van der Waals surface area contributed by atoms with Crippen LogP contribution < -0.4 is 15.5 Å². The quantitative estimate of drug-likeness (QED) is 0.905. The molecule has 1 fully saturated rings. The molecule has 4 rings (SSSR count). The lowest BCUT2D eigenvalue weighted by Crippen LogP contribution is -2.29. The molecule has 0 spiro atoms. The fourth-order valence-electron chi connectivity index (χ4n) is 3.03. The molecule has 1 saturated carbocycles. The van der Waals surface area contributed by atoms with E-state index < -0.39 is 0 Å². The molecule has 0 radical (unpaired) electrons. The van der Waals surface area contributed by atoms with Gasteiger partial charge in [-0.15, -0.1) is 0 Å². The fourth-order valence-corrected chi connectivity index (χ4v) is 3.03. The van der Waals surface area contributed by atoms with Crippen molar-refractivity contribution >= 4 is 28.3 Å². The summed E-state index contributed by atoms with van der Waals surface area (Å²) in [7, 11) is 2.05. The first kappa shape index (κ1) is 13.5. The van der Waals surface area contributed by atoms with Crippen LogP contribution in [-0.2, 0) is 11.2 Å². The normalized spacial score (nSPS) is 16.9. The molecule has 0 atom stereocenters. The largest absolute Gasteiger partial charge is 0.359 e. The molecule has 1 aliphatic carbocycles. The molecule has 22 heavy (non-hydrogen) atoms. The summed E-state index contributed by atoms with van der Waals surface area (Å²) < 4.78 is 0. The van der Waals surface area contributed by atoms with Crippen molar-refractivity contribution in [3.8, 4) is 0 Å². The van der Waals surface area contributed by atoms with E-state index in [0.717, 1.165) is 40.9 Å². The number of carbonyl (C=O) groups is 1. The Bertz CT molecular complexity index is 739. The first-order valence-corrected chi connectivity index (χ1v) is 7.88. The third-order valence-corrected chi connectivity index (χ3v) is 4.42. The van der Waals surface area contributed by atoms with Crippen LogP contribution in [0, 0.1) is 0 Å². The highest BCUT2D eigenvalue weighted by Crippen LogP contribution is 2.36. The van der Waals surface area contributed by atoms with E-state index in [1.807, 2.05) is 31.3 Å². The fraction of sp³-hybridized carbons (Fsp3) is 0.412. The van der Waals surface area contributed by atoms with Crippen molar-refractivity contribution in [2.45, 2.75) is 25.3 Å². The Labute approximate surface area is 129 Å². The number of aromatic nitrogens is 1. The molecular formula is C17H20N4O. The van der Waals surface area contributed by atoms with E-state index in [-0.39, 0.29) is 5.91 Å². The maximum Gasteiger partial charge on any atom is 0.238 e. The van der Waals surface area contributed by atoms with Gasteiger partial charge in [0.05, 0.1) is 17.7 Å². The van der Waals surface area contributed by atoms with Crippen molar-refractivity contribution < 1.29 is 4.79 Å². The van der Waals surface area contributed by atoms with Gasteiger partial charge in [0.1, 0.15) is 5.82 Å². The van der Waals surface area contributed by atoms with Crippen LogP contribution >= 0.6 is 0 Å². The van der Waals surface area contributed by atoms with Gasteiger partial charge in [-0.25, -0.2) is 4.98 Å². The number of carbonyl (C=O) groups excluding carboxylic acids is 1. The number of para-hydroxylation sites is 1. The SMILES string of the molecule is CN1CCc2c1nc1ccccc1c2NC(=O)CNC1CC1. The third kappa shape index (κ3) is 2.41. The van der Waals surface area contributed by atoms with Crippen LogP contribution in [0.3, 0.4) is 0 Å². The molecule has 1 amide bonds. The van der Waals surface area contributed by atoms with E-state index in [2.05, 4.69) is 15.5 Å². The average molecular weight is 296 g/mol. The Morgan fingerprint density at radius 1 is 1.36 bits per heavy atom. The molecule has 2 N–H and O–H groups in total. The lowest BCUT2D eigenvalue weighted by molar-refractivity contribution is -0.115. The monoisotopic (exact) mass is 296 g/mol. The molecule has 2 heterocycles. The molecule has 1 aromatic heterocycles.